The van der Waals surface area contributed by atoms with Gasteiger partial charge in [0.25, 0.3) is 5.69 Å². The van der Waals surface area contributed by atoms with Crippen molar-refractivity contribution in [1.29, 1.82) is 0 Å². The highest BCUT2D eigenvalue weighted by atomic mass is 16.6. The Morgan fingerprint density at radius 2 is 1.70 bits per heavy atom. The molecule has 0 unspecified atom stereocenters. The number of carbonyl (C=O) groups excluding carboxylic acids is 1. The normalized spacial score (nSPS) is 10.2. The fourth-order valence-electron chi connectivity index (χ4n) is 2.19. The molecule has 7 heteroatoms. The number of carboxylic acids is 1. The molecule has 0 amide bonds. The van der Waals surface area contributed by atoms with E-state index >= 15 is 0 Å². The third-order valence-electron chi connectivity index (χ3n) is 3.30. The van der Waals surface area contributed by atoms with Crippen LogP contribution in [-0.2, 0) is 0 Å². The van der Waals surface area contributed by atoms with Crippen molar-refractivity contribution < 1.29 is 19.6 Å². The summed E-state index contributed by atoms with van der Waals surface area (Å²) in [4.78, 5) is 36.0. The molecule has 7 nitrogen and oxygen atoms in total. The number of ketones is 1. The number of hydrogen-bond acceptors (Lipinski definition) is 5. The highest BCUT2D eigenvalue weighted by Gasteiger charge is 2.26. The number of benzene rings is 2. The van der Waals surface area contributed by atoms with Gasteiger partial charge in [-0.3, -0.25) is 14.9 Å². The van der Waals surface area contributed by atoms with E-state index < -0.39 is 16.7 Å². The number of aromatic carboxylic acids is 1. The number of carboxylic acid groups (broad SMARTS) is 1. The topological polar surface area (TPSA) is 101 Å². The van der Waals surface area contributed by atoms with Crippen molar-refractivity contribution in [2.45, 2.75) is 0 Å². The third-order valence-corrected chi connectivity index (χ3v) is 3.30. The number of carbonyl (C=O) groups is 2. The highest BCUT2D eigenvalue weighted by Crippen LogP contribution is 2.31. The van der Waals surface area contributed by atoms with Gasteiger partial charge in [0, 0.05) is 31.3 Å². The second-order valence-corrected chi connectivity index (χ2v) is 5.04. The summed E-state index contributed by atoms with van der Waals surface area (Å²) in [5.74, 6) is -1.89. The van der Waals surface area contributed by atoms with Crippen molar-refractivity contribution >= 4 is 23.1 Å². The SMILES string of the molecule is CN(C)c1cc(C(=O)O)c(C(=O)c2ccccc2)cc1[N+](=O)[O-]. The summed E-state index contributed by atoms with van der Waals surface area (Å²) in [6, 6.07) is 10.2. The Morgan fingerprint density at radius 3 is 2.17 bits per heavy atom. The first kappa shape index (κ1) is 16.2. The minimum atomic E-state index is -1.32. The summed E-state index contributed by atoms with van der Waals surface area (Å²) >= 11 is 0. The van der Waals surface area contributed by atoms with Crippen molar-refractivity contribution in [2.24, 2.45) is 0 Å². The molecular weight excluding hydrogens is 300 g/mol. The number of anilines is 1. The largest absolute Gasteiger partial charge is 0.478 e. The molecular formula is C16H14N2O5. The molecule has 0 radical (unpaired) electrons. The second-order valence-electron chi connectivity index (χ2n) is 5.04. The first-order valence-corrected chi connectivity index (χ1v) is 6.65. The van der Waals surface area contributed by atoms with Crippen LogP contribution in [0, 0.1) is 10.1 Å². The molecule has 0 atom stereocenters. The van der Waals surface area contributed by atoms with Crippen molar-refractivity contribution in [3.05, 3.63) is 69.3 Å². The van der Waals surface area contributed by atoms with Gasteiger partial charge in [-0.1, -0.05) is 30.3 Å². The molecule has 0 saturated heterocycles. The Balaban J connectivity index is 2.71. The lowest BCUT2D eigenvalue weighted by molar-refractivity contribution is -0.384. The van der Waals surface area contributed by atoms with E-state index in [-0.39, 0.29) is 28.1 Å². The van der Waals surface area contributed by atoms with E-state index in [0.717, 1.165) is 12.1 Å². The lowest BCUT2D eigenvalue weighted by Crippen LogP contribution is -2.16. The zero-order valence-corrected chi connectivity index (χ0v) is 12.5. The Kier molecular flexibility index (Phi) is 4.40. The van der Waals surface area contributed by atoms with Crippen LogP contribution in [0.1, 0.15) is 26.3 Å². The minimum Gasteiger partial charge on any atom is -0.478 e. The predicted octanol–water partition coefficient (Wildman–Crippen LogP) is 2.59. The third kappa shape index (κ3) is 3.18. The van der Waals surface area contributed by atoms with Crippen LogP contribution in [0.2, 0.25) is 0 Å². The van der Waals surface area contributed by atoms with Gasteiger partial charge < -0.3 is 10.0 Å². The highest BCUT2D eigenvalue weighted by molar-refractivity contribution is 6.15. The summed E-state index contributed by atoms with van der Waals surface area (Å²) in [6.07, 6.45) is 0. The molecule has 0 spiro atoms. The molecule has 2 aromatic carbocycles. The maximum atomic E-state index is 12.5. The number of nitro benzene ring substituents is 1. The fraction of sp³-hybridized carbons (Fsp3) is 0.125. The molecule has 0 fully saturated rings. The zero-order chi connectivity index (χ0) is 17.1. The summed E-state index contributed by atoms with van der Waals surface area (Å²) in [7, 11) is 3.12. The van der Waals surface area contributed by atoms with Crippen molar-refractivity contribution in [1.82, 2.24) is 0 Å². The van der Waals surface area contributed by atoms with Crippen LogP contribution in [-0.4, -0.2) is 35.9 Å². The smallest absolute Gasteiger partial charge is 0.336 e. The van der Waals surface area contributed by atoms with Gasteiger partial charge in [-0.05, 0) is 6.07 Å². The summed E-state index contributed by atoms with van der Waals surface area (Å²) in [5, 5.41) is 20.6. The van der Waals surface area contributed by atoms with Crippen LogP contribution >= 0.6 is 0 Å². The van der Waals surface area contributed by atoms with Crippen LogP contribution in [0.3, 0.4) is 0 Å². The average Bonchev–Trinajstić information content (AvgIpc) is 2.53. The molecule has 2 rings (SSSR count). The van der Waals surface area contributed by atoms with Gasteiger partial charge in [-0.25, -0.2) is 4.79 Å². The molecule has 0 aliphatic rings. The monoisotopic (exact) mass is 314 g/mol. The van der Waals surface area contributed by atoms with Crippen molar-refractivity contribution in [3.8, 4) is 0 Å². The van der Waals surface area contributed by atoms with Crippen molar-refractivity contribution in [2.75, 3.05) is 19.0 Å². The van der Waals surface area contributed by atoms with Crippen LogP contribution in [0.5, 0.6) is 0 Å². The number of nitro groups is 1. The fourth-order valence-corrected chi connectivity index (χ4v) is 2.19. The van der Waals surface area contributed by atoms with Gasteiger partial charge in [0.2, 0.25) is 0 Å². The second kappa shape index (κ2) is 6.27. The van der Waals surface area contributed by atoms with Gasteiger partial charge in [-0.15, -0.1) is 0 Å². The average molecular weight is 314 g/mol. The molecule has 0 aliphatic carbocycles. The summed E-state index contributed by atoms with van der Waals surface area (Å²) in [6.45, 7) is 0. The maximum absolute atomic E-state index is 12.5. The molecule has 0 aliphatic heterocycles. The Bertz CT molecular complexity index is 785. The Labute approximate surface area is 131 Å². The number of rotatable bonds is 5. The van der Waals surface area contributed by atoms with E-state index in [4.69, 9.17) is 0 Å². The van der Waals surface area contributed by atoms with Gasteiger partial charge in [0.1, 0.15) is 5.69 Å². The molecule has 0 aromatic heterocycles. The van der Waals surface area contributed by atoms with Gasteiger partial charge in [0.15, 0.2) is 5.78 Å². The van der Waals surface area contributed by atoms with E-state index in [0.29, 0.717) is 0 Å². The maximum Gasteiger partial charge on any atom is 0.336 e. The van der Waals surface area contributed by atoms with E-state index in [1.807, 2.05) is 0 Å². The molecule has 2 aromatic rings. The van der Waals surface area contributed by atoms with Gasteiger partial charge in [-0.2, -0.15) is 0 Å². The van der Waals surface area contributed by atoms with Crippen LogP contribution in [0.4, 0.5) is 11.4 Å². The van der Waals surface area contributed by atoms with Gasteiger partial charge >= 0.3 is 5.97 Å². The van der Waals surface area contributed by atoms with E-state index in [1.54, 1.807) is 32.3 Å². The Hall–Kier alpha value is -3.22. The number of hydrogen-bond donors (Lipinski definition) is 1. The molecule has 0 bridgehead atoms. The van der Waals surface area contributed by atoms with E-state index in [1.165, 1.54) is 17.0 Å². The first-order valence-electron chi connectivity index (χ1n) is 6.65. The predicted molar refractivity (Wildman–Crippen MR) is 84.3 cm³/mol. The molecule has 1 N–H and O–H groups in total. The van der Waals surface area contributed by atoms with Crippen molar-refractivity contribution in [3.63, 3.8) is 0 Å². The Morgan fingerprint density at radius 1 is 1.09 bits per heavy atom. The lowest BCUT2D eigenvalue weighted by Gasteiger charge is -2.15. The minimum absolute atomic E-state index is 0.122. The molecule has 118 valence electrons. The molecule has 23 heavy (non-hydrogen) atoms. The van der Waals surface area contributed by atoms with Crippen LogP contribution in [0.15, 0.2) is 42.5 Å². The molecule has 0 saturated carbocycles. The summed E-state index contributed by atoms with van der Waals surface area (Å²) < 4.78 is 0. The standard InChI is InChI=1S/C16H14N2O5/c1-17(2)13-9-12(16(20)21)11(8-14(13)18(22)23)15(19)10-6-4-3-5-7-10/h3-9H,1-2H3,(H,20,21). The van der Waals surface area contributed by atoms with Crippen LogP contribution < -0.4 is 4.90 Å². The zero-order valence-electron chi connectivity index (χ0n) is 12.5. The van der Waals surface area contributed by atoms with E-state index in [2.05, 4.69) is 0 Å². The lowest BCUT2D eigenvalue weighted by atomic mass is 9.96. The van der Waals surface area contributed by atoms with Crippen LogP contribution in [0.25, 0.3) is 0 Å². The quantitative estimate of drug-likeness (QED) is 0.517. The number of nitrogens with zero attached hydrogens (tertiary/aromatic N) is 2. The summed E-state index contributed by atoms with van der Waals surface area (Å²) in [5.41, 5.74) is -0.410. The molecule has 0 heterocycles. The van der Waals surface area contributed by atoms with E-state index in [9.17, 15) is 24.8 Å². The first-order chi connectivity index (χ1) is 10.8. The van der Waals surface area contributed by atoms with Gasteiger partial charge in [0.05, 0.1) is 10.5 Å².